The molecule has 5 heteroatoms. The maximum atomic E-state index is 12.7. The highest BCUT2D eigenvalue weighted by molar-refractivity contribution is 6.32. The van der Waals surface area contributed by atoms with E-state index in [2.05, 4.69) is 0 Å². The van der Waals surface area contributed by atoms with Gasteiger partial charge >= 0.3 is 11.9 Å². The number of carbonyl (C=O) groups is 2. The number of halogens is 1. The largest absolute Gasteiger partial charge is 0.459 e. The van der Waals surface area contributed by atoms with Gasteiger partial charge in [0.15, 0.2) is 0 Å². The summed E-state index contributed by atoms with van der Waals surface area (Å²) in [5.41, 5.74) is 1.11. The lowest BCUT2D eigenvalue weighted by molar-refractivity contribution is 0.0223. The molecule has 0 amide bonds. The van der Waals surface area contributed by atoms with Crippen LogP contribution in [-0.2, 0) is 9.47 Å². The van der Waals surface area contributed by atoms with Crippen LogP contribution in [0.4, 0.5) is 0 Å². The molecule has 1 rings (SSSR count). The van der Waals surface area contributed by atoms with Crippen molar-refractivity contribution in [3.63, 3.8) is 0 Å². The second kappa shape index (κ2) is 11.2. The number of aryl methyl sites for hydroxylation is 1. The molecule has 0 aliphatic carbocycles. The van der Waals surface area contributed by atoms with E-state index in [0.29, 0.717) is 5.02 Å². The molecule has 0 heterocycles. The Morgan fingerprint density at radius 2 is 1.31 bits per heavy atom. The Hall–Kier alpha value is -1.55. The predicted octanol–water partition coefficient (Wildman–Crippen LogP) is 6.12. The van der Waals surface area contributed by atoms with Gasteiger partial charge in [0.25, 0.3) is 0 Å². The van der Waals surface area contributed by atoms with Gasteiger partial charge in [-0.2, -0.15) is 0 Å². The summed E-state index contributed by atoms with van der Waals surface area (Å²) >= 11 is 6.19. The highest BCUT2D eigenvalue weighted by Gasteiger charge is 2.24. The van der Waals surface area contributed by atoms with E-state index in [0.717, 1.165) is 44.1 Å². The Bertz CT molecular complexity index is 559. The first-order valence-corrected chi connectivity index (χ1v) is 9.97. The van der Waals surface area contributed by atoms with Crippen molar-refractivity contribution in [2.75, 3.05) is 0 Å². The monoisotopic (exact) mass is 382 g/mol. The standard InChI is InChI=1S/C21H31ClO4/c1-6-10-15(8-3)25-20(23)17-12-14(5)19(22)13-18(17)21(24)26-16(9-4)11-7-2/h12-13,15-16H,6-11H2,1-5H3. The summed E-state index contributed by atoms with van der Waals surface area (Å²) in [7, 11) is 0. The zero-order chi connectivity index (χ0) is 19.7. The number of hydrogen-bond donors (Lipinski definition) is 0. The van der Waals surface area contributed by atoms with Crippen molar-refractivity contribution in [1.82, 2.24) is 0 Å². The minimum Gasteiger partial charge on any atom is -0.459 e. The van der Waals surface area contributed by atoms with E-state index in [9.17, 15) is 9.59 Å². The fourth-order valence-electron chi connectivity index (χ4n) is 2.79. The van der Waals surface area contributed by atoms with Crippen molar-refractivity contribution in [2.45, 2.75) is 85.4 Å². The second-order valence-corrected chi connectivity index (χ2v) is 7.00. The molecule has 26 heavy (non-hydrogen) atoms. The first-order valence-electron chi connectivity index (χ1n) is 9.59. The number of esters is 2. The number of carbonyl (C=O) groups excluding carboxylic acids is 2. The Morgan fingerprint density at radius 3 is 1.69 bits per heavy atom. The molecule has 0 aliphatic rings. The third kappa shape index (κ3) is 6.31. The van der Waals surface area contributed by atoms with Crippen molar-refractivity contribution in [3.8, 4) is 0 Å². The third-order valence-corrected chi connectivity index (χ3v) is 4.83. The zero-order valence-corrected chi connectivity index (χ0v) is 17.3. The van der Waals surface area contributed by atoms with Crippen LogP contribution in [0.2, 0.25) is 5.02 Å². The van der Waals surface area contributed by atoms with E-state index < -0.39 is 11.9 Å². The Kier molecular flexibility index (Phi) is 9.71. The molecular formula is C21H31ClO4. The Morgan fingerprint density at radius 1 is 0.885 bits per heavy atom. The molecule has 2 atom stereocenters. The predicted molar refractivity (Wildman–Crippen MR) is 105 cm³/mol. The van der Waals surface area contributed by atoms with Gasteiger partial charge in [-0.05, 0) is 50.3 Å². The lowest BCUT2D eigenvalue weighted by Gasteiger charge is -2.19. The van der Waals surface area contributed by atoms with Gasteiger partial charge in [0.1, 0.15) is 12.2 Å². The Balaban J connectivity index is 3.13. The highest BCUT2D eigenvalue weighted by atomic mass is 35.5. The lowest BCUT2D eigenvalue weighted by atomic mass is 10.0. The molecule has 0 saturated carbocycles. The zero-order valence-electron chi connectivity index (χ0n) is 16.6. The van der Waals surface area contributed by atoms with Gasteiger partial charge in [0, 0.05) is 5.02 Å². The average Bonchev–Trinajstić information content (AvgIpc) is 2.62. The summed E-state index contributed by atoms with van der Waals surface area (Å²) in [6, 6.07) is 3.12. The number of ether oxygens (including phenoxy) is 2. The van der Waals surface area contributed by atoms with Crippen LogP contribution < -0.4 is 0 Å². The molecule has 0 radical (unpaired) electrons. The van der Waals surface area contributed by atoms with E-state index in [-0.39, 0.29) is 23.3 Å². The maximum Gasteiger partial charge on any atom is 0.339 e. The molecular weight excluding hydrogens is 352 g/mol. The first kappa shape index (κ1) is 22.5. The Labute approximate surface area is 162 Å². The van der Waals surface area contributed by atoms with E-state index in [1.807, 2.05) is 27.7 Å². The quantitative estimate of drug-likeness (QED) is 0.457. The van der Waals surface area contributed by atoms with Crippen LogP contribution in [0, 0.1) is 6.92 Å². The van der Waals surface area contributed by atoms with Crippen LogP contribution in [0.5, 0.6) is 0 Å². The average molecular weight is 383 g/mol. The second-order valence-electron chi connectivity index (χ2n) is 6.60. The van der Waals surface area contributed by atoms with E-state index >= 15 is 0 Å². The molecule has 2 unspecified atom stereocenters. The van der Waals surface area contributed by atoms with Crippen LogP contribution >= 0.6 is 11.6 Å². The molecule has 1 aromatic rings. The van der Waals surface area contributed by atoms with E-state index in [1.54, 1.807) is 13.0 Å². The molecule has 0 spiro atoms. The molecule has 0 N–H and O–H groups in total. The lowest BCUT2D eigenvalue weighted by Crippen LogP contribution is -2.22. The molecule has 0 aromatic heterocycles. The van der Waals surface area contributed by atoms with Gasteiger partial charge in [-0.1, -0.05) is 52.1 Å². The van der Waals surface area contributed by atoms with E-state index in [1.165, 1.54) is 6.07 Å². The van der Waals surface area contributed by atoms with Crippen molar-refractivity contribution in [3.05, 3.63) is 33.8 Å². The molecule has 0 bridgehead atoms. The minimum atomic E-state index is -0.525. The first-order chi connectivity index (χ1) is 12.4. The molecule has 0 aliphatic heterocycles. The van der Waals surface area contributed by atoms with Crippen molar-refractivity contribution in [1.29, 1.82) is 0 Å². The van der Waals surface area contributed by atoms with Crippen molar-refractivity contribution in [2.24, 2.45) is 0 Å². The highest BCUT2D eigenvalue weighted by Crippen LogP contribution is 2.24. The van der Waals surface area contributed by atoms with Crippen LogP contribution in [0.1, 0.15) is 92.5 Å². The number of hydrogen-bond acceptors (Lipinski definition) is 4. The van der Waals surface area contributed by atoms with Gasteiger partial charge in [-0.25, -0.2) is 9.59 Å². The van der Waals surface area contributed by atoms with Gasteiger partial charge in [-0.15, -0.1) is 0 Å². The fraction of sp³-hybridized carbons (Fsp3) is 0.619. The van der Waals surface area contributed by atoms with Crippen molar-refractivity contribution < 1.29 is 19.1 Å². The molecule has 0 saturated heterocycles. The normalized spacial score (nSPS) is 13.2. The minimum absolute atomic E-state index is 0.157. The molecule has 0 fully saturated rings. The molecule has 146 valence electrons. The van der Waals surface area contributed by atoms with Crippen LogP contribution in [0.25, 0.3) is 0 Å². The third-order valence-electron chi connectivity index (χ3n) is 4.42. The molecule has 1 aromatic carbocycles. The summed E-state index contributed by atoms with van der Waals surface area (Å²) in [4.78, 5) is 25.4. The SMILES string of the molecule is CCCC(CC)OC(=O)c1cc(C)c(Cl)cc1C(=O)OC(CC)CCC. The molecule has 4 nitrogen and oxygen atoms in total. The van der Waals surface area contributed by atoms with Gasteiger partial charge in [-0.3, -0.25) is 0 Å². The summed E-state index contributed by atoms with van der Waals surface area (Å²) in [5.74, 6) is -1.02. The maximum absolute atomic E-state index is 12.7. The van der Waals surface area contributed by atoms with E-state index in [4.69, 9.17) is 21.1 Å². The van der Waals surface area contributed by atoms with Crippen LogP contribution in [0.15, 0.2) is 12.1 Å². The number of benzene rings is 1. The summed E-state index contributed by atoms with van der Waals surface area (Å²) in [5, 5.41) is 0.428. The van der Waals surface area contributed by atoms with Crippen LogP contribution in [-0.4, -0.2) is 24.1 Å². The summed E-state index contributed by atoms with van der Waals surface area (Å²) < 4.78 is 11.2. The van der Waals surface area contributed by atoms with Crippen LogP contribution in [0.3, 0.4) is 0 Å². The number of rotatable bonds is 10. The smallest absolute Gasteiger partial charge is 0.339 e. The van der Waals surface area contributed by atoms with Gasteiger partial charge < -0.3 is 9.47 Å². The summed E-state index contributed by atoms with van der Waals surface area (Å²) in [6.07, 6.45) is 4.57. The van der Waals surface area contributed by atoms with Gasteiger partial charge in [0.2, 0.25) is 0 Å². The topological polar surface area (TPSA) is 52.6 Å². The summed E-state index contributed by atoms with van der Waals surface area (Å²) in [6.45, 7) is 9.84. The van der Waals surface area contributed by atoms with Gasteiger partial charge in [0.05, 0.1) is 11.1 Å². The fourth-order valence-corrected chi connectivity index (χ4v) is 2.95. The van der Waals surface area contributed by atoms with Crippen molar-refractivity contribution >= 4 is 23.5 Å².